The first-order valence-electron chi connectivity index (χ1n) is 31.5. The molecule has 0 bridgehead atoms. The Morgan fingerprint density at radius 3 is 1.81 bits per heavy atom. The van der Waals surface area contributed by atoms with Crippen LogP contribution in [0.1, 0.15) is 124 Å². The molecule has 0 spiro atoms. The van der Waals surface area contributed by atoms with Crippen LogP contribution in [0.5, 0.6) is 0 Å². The van der Waals surface area contributed by atoms with Crippen molar-refractivity contribution in [3.05, 3.63) is 197 Å². The molecule has 6 aromatic rings. The number of ketones is 1. The molecule has 0 radical (unpaired) electrons. The lowest BCUT2D eigenvalue weighted by Crippen LogP contribution is -2.61. The van der Waals surface area contributed by atoms with E-state index in [1.54, 1.807) is 103 Å². The van der Waals surface area contributed by atoms with Gasteiger partial charge in [0, 0.05) is 52.5 Å². The summed E-state index contributed by atoms with van der Waals surface area (Å²) in [5.41, 5.74) is 10.5. The van der Waals surface area contributed by atoms with Crippen LogP contribution in [0.2, 0.25) is 0 Å². The molecule has 9 N–H and O–H groups in total. The molecule has 0 fully saturated rings. The Morgan fingerprint density at radius 2 is 1.21 bits per heavy atom. The number of Topliss-reactive ketones (excluding diaryl/α,β-unsaturated/α-hetero) is 1. The van der Waals surface area contributed by atoms with Gasteiger partial charge in [-0.2, -0.15) is 0 Å². The van der Waals surface area contributed by atoms with Gasteiger partial charge in [-0.05, 0) is 53.6 Å². The second kappa shape index (κ2) is 38.1. The van der Waals surface area contributed by atoms with Gasteiger partial charge < -0.3 is 61.5 Å². The number of nitrogens with zero attached hydrogens (tertiary/aromatic N) is 3. The fourth-order valence-electron chi connectivity index (χ4n) is 10.7. The SMILES string of the molecule is C=CCCOC(=O)NC(CC(=O)c1ccccc1N=[N+]=[N-])C(=O)OC(C)C(NC(=O)C(CC(=O)OC)NC(=O)C(CC(=O)NC(c1ccccc1)(c1ccccc1)c1ccccc1)NC(=O)C(Cc1c[nH]c2ccccc12)NC(=O)CCCCCCCCC)C(=O)NCC(=O)O. The van der Waals surface area contributed by atoms with Crippen molar-refractivity contribution in [2.45, 2.75) is 139 Å². The second-order valence-electron chi connectivity index (χ2n) is 22.5. The van der Waals surface area contributed by atoms with Crippen LogP contribution in [0.4, 0.5) is 10.5 Å². The maximum atomic E-state index is 15.3. The highest BCUT2D eigenvalue weighted by molar-refractivity contribution is 6.03. The van der Waals surface area contributed by atoms with Gasteiger partial charge in [0.05, 0.1) is 26.6 Å². The number of ether oxygens (including phenoxy) is 3. The van der Waals surface area contributed by atoms with Gasteiger partial charge in [0.2, 0.25) is 35.4 Å². The molecule has 6 rings (SSSR count). The first kappa shape index (κ1) is 73.9. The Bertz CT molecular complexity index is 3610. The summed E-state index contributed by atoms with van der Waals surface area (Å²) in [6, 6.07) is 30.3. The van der Waals surface area contributed by atoms with Crippen LogP contribution in [-0.4, -0.2) is 132 Å². The largest absolute Gasteiger partial charge is 0.480 e. The van der Waals surface area contributed by atoms with Crippen LogP contribution >= 0.6 is 0 Å². The number of rotatable bonds is 39. The molecule has 1 heterocycles. The monoisotopic (exact) mass is 1320 g/mol. The number of aliphatic carboxylic acids is 1. The van der Waals surface area contributed by atoms with E-state index in [-0.39, 0.29) is 37.1 Å². The number of H-pyrrole nitrogens is 1. The molecular weight excluding hydrogens is 1230 g/mol. The predicted molar refractivity (Wildman–Crippen MR) is 354 cm³/mol. The van der Waals surface area contributed by atoms with Crippen LogP contribution in [0.15, 0.2) is 163 Å². The summed E-state index contributed by atoms with van der Waals surface area (Å²) in [6.07, 6.45) is 3.93. The number of aromatic nitrogens is 1. The van der Waals surface area contributed by atoms with E-state index in [0.29, 0.717) is 28.7 Å². The van der Waals surface area contributed by atoms with E-state index in [9.17, 15) is 43.5 Å². The van der Waals surface area contributed by atoms with E-state index >= 15 is 14.4 Å². The Labute approximate surface area is 555 Å². The van der Waals surface area contributed by atoms with E-state index in [0.717, 1.165) is 63.5 Å². The van der Waals surface area contributed by atoms with Crippen LogP contribution in [0.25, 0.3) is 21.3 Å². The maximum absolute atomic E-state index is 15.3. The number of methoxy groups -OCH3 is 1. The number of amides is 7. The summed E-state index contributed by atoms with van der Waals surface area (Å²) in [7, 11) is 0.976. The molecule has 6 unspecified atom stereocenters. The lowest BCUT2D eigenvalue weighted by molar-refractivity contribution is -0.155. The van der Waals surface area contributed by atoms with Gasteiger partial charge in [0.25, 0.3) is 0 Å². The van der Waals surface area contributed by atoms with Gasteiger partial charge in [-0.3, -0.25) is 43.2 Å². The van der Waals surface area contributed by atoms with Crippen molar-refractivity contribution < 1.29 is 72.1 Å². The van der Waals surface area contributed by atoms with E-state index in [2.05, 4.69) is 65.7 Å². The number of esters is 2. The molecule has 0 aliphatic heterocycles. The van der Waals surface area contributed by atoms with Crippen molar-refractivity contribution in [1.82, 2.24) is 42.2 Å². The third-order valence-electron chi connectivity index (χ3n) is 15.6. The number of carboxylic acids is 1. The van der Waals surface area contributed by atoms with Crippen molar-refractivity contribution in [3.63, 3.8) is 0 Å². The zero-order chi connectivity index (χ0) is 69.4. The highest BCUT2D eigenvalue weighted by Crippen LogP contribution is 2.37. The number of hydrogen-bond donors (Lipinski definition) is 9. The Morgan fingerprint density at radius 1 is 0.646 bits per heavy atom. The first-order chi connectivity index (χ1) is 46.3. The molecule has 0 saturated heterocycles. The number of carbonyl (C=O) groups is 11. The minimum atomic E-state index is -2.10. The summed E-state index contributed by atoms with van der Waals surface area (Å²) in [4.78, 5) is 160. The number of hydrogen-bond acceptors (Lipinski definition) is 15. The number of carboxylic acid groups (broad SMARTS) is 1. The van der Waals surface area contributed by atoms with Gasteiger partial charge in [-0.25, -0.2) is 9.59 Å². The average molecular weight is 1320 g/mol. The number of azide groups is 1. The van der Waals surface area contributed by atoms with Crippen molar-refractivity contribution in [1.29, 1.82) is 0 Å². The number of fused-ring (bicyclic) bond motifs is 1. The molecule has 0 aliphatic carbocycles. The smallest absolute Gasteiger partial charge is 0.407 e. The zero-order valence-electron chi connectivity index (χ0n) is 53.7. The maximum Gasteiger partial charge on any atom is 0.407 e. The lowest BCUT2D eigenvalue weighted by Gasteiger charge is -2.37. The molecule has 0 saturated carbocycles. The van der Waals surface area contributed by atoms with Crippen molar-refractivity contribution in [2.24, 2.45) is 5.11 Å². The molecule has 1 aromatic heterocycles. The number of para-hydroxylation sites is 1. The number of alkyl carbamates (subject to hydrolysis) is 1. The van der Waals surface area contributed by atoms with Gasteiger partial charge >= 0.3 is 24.0 Å². The van der Waals surface area contributed by atoms with Crippen molar-refractivity contribution in [3.8, 4) is 0 Å². The molecule has 5 aromatic carbocycles. The first-order valence-corrected chi connectivity index (χ1v) is 31.5. The second-order valence-corrected chi connectivity index (χ2v) is 22.5. The molecule has 0 aliphatic rings. The molecule has 26 heteroatoms. The molecule has 96 heavy (non-hydrogen) atoms. The molecule has 6 atom stereocenters. The standard InChI is InChI=1S/C70H81N11O15/c1-5-7-9-10-11-12-22-37-59(83)74-54(39-46-43-72-52-35-25-23-33-50(46)52)64(88)75-55(41-60(84)79-70(47-27-16-13-17-28-47,48-29-18-14-19-30-48)49-31-20-15-21-32-49)65(89)76-56(42-62(87)94-4)66(90)78-63(67(91)73-44-61(85)86)45(3)96-68(92)57(77-69(93)95-38-8-6-2)40-58(82)51-34-24-26-36-53(51)80-81-71/h6,13-21,23-36,43,45,54-57,63,72H,2,5,7-12,22,37-42,44H2,1,3-4H3,(H,73,91)(H,74,83)(H,75,88)(H,76,89)(H,77,93)(H,78,90)(H,79,84)(H,85,86). The Hall–Kier alpha value is -11.1. The third-order valence-corrected chi connectivity index (χ3v) is 15.6. The highest BCUT2D eigenvalue weighted by atomic mass is 16.6. The van der Waals surface area contributed by atoms with E-state index in [1.807, 2.05) is 18.2 Å². The van der Waals surface area contributed by atoms with Gasteiger partial charge in [0.1, 0.15) is 48.4 Å². The number of benzene rings is 5. The van der Waals surface area contributed by atoms with Gasteiger partial charge in [-0.1, -0.05) is 190 Å². The lowest BCUT2D eigenvalue weighted by atomic mass is 9.77. The van der Waals surface area contributed by atoms with Gasteiger partial charge in [0.15, 0.2) is 5.78 Å². The summed E-state index contributed by atoms with van der Waals surface area (Å²) in [5, 5.41) is 31.6. The predicted octanol–water partition coefficient (Wildman–Crippen LogP) is 7.87. The summed E-state index contributed by atoms with van der Waals surface area (Å²) in [6.45, 7) is 5.51. The fraction of sp³-hybridized carbons (Fsp3) is 0.357. The van der Waals surface area contributed by atoms with Crippen LogP contribution in [0.3, 0.4) is 0 Å². The normalized spacial score (nSPS) is 12.8. The quantitative estimate of drug-likeness (QED) is 0.00204. The van der Waals surface area contributed by atoms with E-state index < -0.39 is 133 Å². The van der Waals surface area contributed by atoms with Crippen LogP contribution in [0, 0.1) is 0 Å². The van der Waals surface area contributed by atoms with Crippen molar-refractivity contribution >= 4 is 81.8 Å². The average Bonchev–Trinajstić information content (AvgIpc) is 0.866. The fourth-order valence-corrected chi connectivity index (χ4v) is 10.7. The number of aromatic amines is 1. The van der Waals surface area contributed by atoms with Gasteiger partial charge in [-0.15, -0.1) is 6.58 Å². The Kier molecular flexibility index (Phi) is 29.4. The van der Waals surface area contributed by atoms with Crippen molar-refractivity contribution in [2.75, 3.05) is 20.3 Å². The minimum absolute atomic E-state index is 0.0626. The number of carbonyl (C=O) groups excluding carboxylic acids is 10. The van der Waals surface area contributed by atoms with E-state index in [1.165, 1.54) is 30.3 Å². The summed E-state index contributed by atoms with van der Waals surface area (Å²) >= 11 is 0. The molecule has 26 nitrogen and oxygen atoms in total. The molecular formula is C70H81N11O15. The molecule has 7 amide bonds. The summed E-state index contributed by atoms with van der Waals surface area (Å²) < 4.78 is 15.7. The number of nitrogens with one attached hydrogen (secondary N) is 8. The minimum Gasteiger partial charge on any atom is -0.480 e. The third kappa shape index (κ3) is 22.0. The Balaban J connectivity index is 1.38. The highest BCUT2D eigenvalue weighted by Gasteiger charge is 2.41. The van der Waals surface area contributed by atoms with Crippen LogP contribution in [-0.2, 0) is 69.3 Å². The van der Waals surface area contributed by atoms with E-state index in [4.69, 9.17) is 19.7 Å². The van der Waals surface area contributed by atoms with Crippen LogP contribution < -0.4 is 37.2 Å². The number of unbranched alkanes of at least 4 members (excludes halogenated alkanes) is 6. The molecule has 506 valence electrons. The summed E-state index contributed by atoms with van der Waals surface area (Å²) in [5.74, 6) is -11.0. The topological polar surface area (TPSA) is 384 Å². The zero-order valence-corrected chi connectivity index (χ0v) is 53.7.